The standard InChI is InChI=1S/C19H21ClFNO/c20-17-5-1-15(2-6-17)19(16-3-7-18(21)8-4-16)9-10-22-11-13-23-14-12-22/h1-8,19H,9-14H2/t19-/m1/s1. The van der Waals surface area contributed by atoms with E-state index in [0.717, 1.165) is 49.9 Å². The van der Waals surface area contributed by atoms with Gasteiger partial charge in [0.15, 0.2) is 0 Å². The van der Waals surface area contributed by atoms with E-state index in [-0.39, 0.29) is 11.7 Å². The van der Waals surface area contributed by atoms with Crippen LogP contribution in [-0.4, -0.2) is 37.7 Å². The van der Waals surface area contributed by atoms with Crippen LogP contribution in [0, 0.1) is 5.82 Å². The van der Waals surface area contributed by atoms with Crippen LogP contribution in [0.2, 0.25) is 5.02 Å². The molecular weight excluding hydrogens is 313 g/mol. The highest BCUT2D eigenvalue weighted by Crippen LogP contribution is 2.29. The quantitative estimate of drug-likeness (QED) is 0.807. The lowest BCUT2D eigenvalue weighted by atomic mass is 9.88. The SMILES string of the molecule is Fc1ccc([C@H](CCN2CCOCC2)c2ccc(Cl)cc2)cc1. The van der Waals surface area contributed by atoms with Gasteiger partial charge in [0.25, 0.3) is 0 Å². The zero-order chi connectivity index (χ0) is 16.1. The fourth-order valence-electron chi connectivity index (χ4n) is 3.05. The number of morpholine rings is 1. The van der Waals surface area contributed by atoms with Crippen molar-refractivity contribution in [1.82, 2.24) is 4.90 Å². The molecule has 0 radical (unpaired) electrons. The topological polar surface area (TPSA) is 12.5 Å². The van der Waals surface area contributed by atoms with Gasteiger partial charge in [-0.15, -0.1) is 0 Å². The van der Waals surface area contributed by atoms with Crippen LogP contribution in [0.5, 0.6) is 0 Å². The molecular formula is C19H21ClFNO. The maximum absolute atomic E-state index is 13.2. The van der Waals surface area contributed by atoms with Crippen LogP contribution in [0.3, 0.4) is 0 Å². The Labute approximate surface area is 141 Å². The largest absolute Gasteiger partial charge is 0.379 e. The van der Waals surface area contributed by atoms with Gasteiger partial charge in [-0.05, 0) is 48.4 Å². The molecule has 0 aliphatic carbocycles. The fraction of sp³-hybridized carbons (Fsp3) is 0.368. The molecule has 2 aromatic rings. The summed E-state index contributed by atoms with van der Waals surface area (Å²) < 4.78 is 18.6. The second kappa shape index (κ2) is 7.91. The molecule has 0 amide bonds. The van der Waals surface area contributed by atoms with Gasteiger partial charge >= 0.3 is 0 Å². The molecule has 4 heteroatoms. The lowest BCUT2D eigenvalue weighted by Gasteiger charge is -2.28. The lowest BCUT2D eigenvalue weighted by Crippen LogP contribution is -2.37. The monoisotopic (exact) mass is 333 g/mol. The summed E-state index contributed by atoms with van der Waals surface area (Å²) in [6, 6.07) is 14.8. The summed E-state index contributed by atoms with van der Waals surface area (Å²) in [6.45, 7) is 4.59. The van der Waals surface area contributed by atoms with E-state index in [9.17, 15) is 4.39 Å². The van der Waals surface area contributed by atoms with E-state index in [1.165, 1.54) is 17.7 Å². The first-order chi connectivity index (χ1) is 11.2. The van der Waals surface area contributed by atoms with Gasteiger partial charge in [0.2, 0.25) is 0 Å². The molecule has 1 aliphatic rings. The predicted molar refractivity (Wildman–Crippen MR) is 91.6 cm³/mol. The number of halogens is 2. The molecule has 0 bridgehead atoms. The van der Waals surface area contributed by atoms with Crippen molar-refractivity contribution in [3.63, 3.8) is 0 Å². The average Bonchev–Trinajstić information content (AvgIpc) is 2.59. The van der Waals surface area contributed by atoms with Crippen LogP contribution in [0.15, 0.2) is 48.5 Å². The molecule has 122 valence electrons. The van der Waals surface area contributed by atoms with Gasteiger partial charge in [-0.1, -0.05) is 35.9 Å². The first-order valence-electron chi connectivity index (χ1n) is 8.03. The third kappa shape index (κ3) is 4.54. The van der Waals surface area contributed by atoms with Gasteiger partial charge in [0, 0.05) is 24.0 Å². The number of hydrogen-bond acceptors (Lipinski definition) is 2. The molecule has 0 N–H and O–H groups in total. The predicted octanol–water partition coefficient (Wildman–Crippen LogP) is 4.33. The van der Waals surface area contributed by atoms with E-state index in [1.807, 2.05) is 24.3 Å². The fourth-order valence-corrected chi connectivity index (χ4v) is 3.18. The Morgan fingerprint density at radius 2 is 1.52 bits per heavy atom. The van der Waals surface area contributed by atoms with Crippen LogP contribution in [0.1, 0.15) is 23.5 Å². The first kappa shape index (κ1) is 16.4. The van der Waals surface area contributed by atoms with Crippen LogP contribution in [0.25, 0.3) is 0 Å². The smallest absolute Gasteiger partial charge is 0.123 e. The van der Waals surface area contributed by atoms with E-state index in [2.05, 4.69) is 17.0 Å². The summed E-state index contributed by atoms with van der Waals surface area (Å²) in [4.78, 5) is 2.43. The van der Waals surface area contributed by atoms with Crippen LogP contribution in [0.4, 0.5) is 4.39 Å². The molecule has 3 rings (SSSR count). The van der Waals surface area contributed by atoms with Crippen molar-refractivity contribution in [3.05, 3.63) is 70.5 Å². The van der Waals surface area contributed by atoms with Gasteiger partial charge in [-0.2, -0.15) is 0 Å². The molecule has 0 unspecified atom stereocenters. The molecule has 1 aliphatic heterocycles. The maximum atomic E-state index is 13.2. The van der Waals surface area contributed by atoms with Crippen molar-refractivity contribution < 1.29 is 9.13 Å². The maximum Gasteiger partial charge on any atom is 0.123 e. The van der Waals surface area contributed by atoms with Crippen molar-refractivity contribution in [2.75, 3.05) is 32.8 Å². The van der Waals surface area contributed by atoms with Gasteiger partial charge in [0.1, 0.15) is 5.82 Å². The zero-order valence-corrected chi connectivity index (χ0v) is 13.8. The highest BCUT2D eigenvalue weighted by atomic mass is 35.5. The Kier molecular flexibility index (Phi) is 5.65. The molecule has 23 heavy (non-hydrogen) atoms. The highest BCUT2D eigenvalue weighted by molar-refractivity contribution is 6.30. The summed E-state index contributed by atoms with van der Waals surface area (Å²) in [6.07, 6.45) is 0.993. The highest BCUT2D eigenvalue weighted by Gasteiger charge is 2.17. The minimum Gasteiger partial charge on any atom is -0.379 e. The Balaban J connectivity index is 1.77. The number of benzene rings is 2. The third-order valence-electron chi connectivity index (χ3n) is 4.38. The van der Waals surface area contributed by atoms with Crippen molar-refractivity contribution in [2.45, 2.75) is 12.3 Å². The van der Waals surface area contributed by atoms with Gasteiger partial charge in [0.05, 0.1) is 13.2 Å². The Bertz CT molecular complexity index is 563. The minimum absolute atomic E-state index is 0.197. The summed E-state index contributed by atoms with van der Waals surface area (Å²) >= 11 is 6.01. The Morgan fingerprint density at radius 3 is 2.13 bits per heavy atom. The number of hydrogen-bond donors (Lipinski definition) is 0. The Hall–Kier alpha value is -1.42. The second-order valence-corrected chi connectivity index (χ2v) is 6.33. The van der Waals surface area contributed by atoms with E-state index < -0.39 is 0 Å². The summed E-state index contributed by atoms with van der Waals surface area (Å²) in [5.41, 5.74) is 2.36. The van der Waals surface area contributed by atoms with Gasteiger partial charge < -0.3 is 4.74 Å². The molecule has 0 spiro atoms. The molecule has 1 fully saturated rings. The summed E-state index contributed by atoms with van der Waals surface area (Å²) in [5, 5.41) is 0.736. The van der Waals surface area contributed by atoms with E-state index in [0.29, 0.717) is 0 Å². The molecule has 0 saturated carbocycles. The van der Waals surface area contributed by atoms with Crippen molar-refractivity contribution >= 4 is 11.6 Å². The minimum atomic E-state index is -0.197. The number of ether oxygens (including phenoxy) is 1. The van der Waals surface area contributed by atoms with E-state index in [4.69, 9.17) is 16.3 Å². The van der Waals surface area contributed by atoms with Crippen LogP contribution >= 0.6 is 11.6 Å². The summed E-state index contributed by atoms with van der Waals surface area (Å²) in [5.74, 6) is 0.0486. The Morgan fingerprint density at radius 1 is 0.957 bits per heavy atom. The first-order valence-corrected chi connectivity index (χ1v) is 8.41. The van der Waals surface area contributed by atoms with E-state index >= 15 is 0 Å². The molecule has 1 heterocycles. The van der Waals surface area contributed by atoms with Gasteiger partial charge in [-0.25, -0.2) is 4.39 Å². The van der Waals surface area contributed by atoms with Crippen LogP contribution < -0.4 is 0 Å². The second-order valence-electron chi connectivity index (χ2n) is 5.90. The van der Waals surface area contributed by atoms with Crippen molar-refractivity contribution in [2.24, 2.45) is 0 Å². The molecule has 0 aromatic heterocycles. The zero-order valence-electron chi connectivity index (χ0n) is 13.1. The number of nitrogens with zero attached hydrogens (tertiary/aromatic N) is 1. The molecule has 2 aromatic carbocycles. The third-order valence-corrected chi connectivity index (χ3v) is 4.63. The molecule has 1 atom stereocenters. The molecule has 1 saturated heterocycles. The van der Waals surface area contributed by atoms with Crippen molar-refractivity contribution in [3.8, 4) is 0 Å². The van der Waals surface area contributed by atoms with E-state index in [1.54, 1.807) is 0 Å². The average molecular weight is 334 g/mol. The normalized spacial score (nSPS) is 17.1. The summed E-state index contributed by atoms with van der Waals surface area (Å²) in [7, 11) is 0. The van der Waals surface area contributed by atoms with Gasteiger partial charge in [-0.3, -0.25) is 4.90 Å². The van der Waals surface area contributed by atoms with Crippen LogP contribution in [-0.2, 0) is 4.74 Å². The number of rotatable bonds is 5. The van der Waals surface area contributed by atoms with Crippen molar-refractivity contribution in [1.29, 1.82) is 0 Å². The lowest BCUT2D eigenvalue weighted by molar-refractivity contribution is 0.0369. The molecule has 2 nitrogen and oxygen atoms in total.